The molecule has 0 saturated carbocycles. The molecule has 61 heavy (non-hydrogen) atoms. The summed E-state index contributed by atoms with van der Waals surface area (Å²) in [5.41, 5.74) is 0. The van der Waals surface area contributed by atoms with Crippen molar-refractivity contribution in [3.05, 3.63) is 48.6 Å². The van der Waals surface area contributed by atoms with Gasteiger partial charge in [-0.05, 0) is 70.6 Å². The van der Waals surface area contributed by atoms with Crippen LogP contribution in [0.1, 0.15) is 265 Å². The predicted octanol–water partition coefficient (Wildman–Crippen LogP) is 17.1. The van der Waals surface area contributed by atoms with E-state index < -0.39 is 6.10 Å². The highest BCUT2D eigenvalue weighted by Gasteiger charge is 2.19. The zero-order chi connectivity index (χ0) is 44.4. The summed E-state index contributed by atoms with van der Waals surface area (Å²) in [7, 11) is 0. The lowest BCUT2D eigenvalue weighted by atomic mass is 10.0. The summed E-state index contributed by atoms with van der Waals surface area (Å²) in [4.78, 5) is 37.9. The molecular weight excluding hydrogens is 757 g/mol. The van der Waals surface area contributed by atoms with Crippen molar-refractivity contribution >= 4 is 17.9 Å². The summed E-state index contributed by atoms with van der Waals surface area (Å²) < 4.78 is 16.7. The molecule has 0 spiro atoms. The molecular formula is C55H98O6. The molecule has 0 saturated heterocycles. The van der Waals surface area contributed by atoms with Gasteiger partial charge in [0.15, 0.2) is 6.10 Å². The topological polar surface area (TPSA) is 78.9 Å². The van der Waals surface area contributed by atoms with E-state index in [1.54, 1.807) is 0 Å². The molecule has 0 aromatic heterocycles. The van der Waals surface area contributed by atoms with Crippen molar-refractivity contribution in [2.24, 2.45) is 0 Å². The summed E-state index contributed by atoms with van der Waals surface area (Å²) >= 11 is 0. The number of carbonyl (C=O) groups is 3. The van der Waals surface area contributed by atoms with E-state index in [1.165, 1.54) is 154 Å². The number of esters is 3. The van der Waals surface area contributed by atoms with Crippen molar-refractivity contribution in [2.45, 2.75) is 271 Å². The van der Waals surface area contributed by atoms with E-state index in [-0.39, 0.29) is 37.5 Å². The maximum absolute atomic E-state index is 12.7. The third-order valence-corrected chi connectivity index (χ3v) is 11.3. The number of hydrogen-bond acceptors (Lipinski definition) is 6. The summed E-state index contributed by atoms with van der Waals surface area (Å²) in [6, 6.07) is 0. The highest BCUT2D eigenvalue weighted by Crippen LogP contribution is 2.15. The molecule has 0 fully saturated rings. The number of ether oxygens (including phenoxy) is 3. The Morgan fingerprint density at radius 2 is 0.623 bits per heavy atom. The second kappa shape index (κ2) is 50.0. The first-order chi connectivity index (χ1) is 30.0. The number of unbranched alkanes of at least 4 members (excludes halogenated alkanes) is 28. The molecule has 0 N–H and O–H groups in total. The van der Waals surface area contributed by atoms with Gasteiger partial charge in [0.05, 0.1) is 0 Å². The standard InChI is InChI=1S/C55H98O6/c1-4-7-10-13-16-19-22-25-26-27-28-31-33-36-39-42-45-48-54(57)60-51-52(61-55(58)49-46-43-40-37-34-30-24-21-18-15-12-9-6-3)50-59-53(56)47-44-41-38-35-32-29-23-20-17-14-11-8-5-2/h16,19,25-26,30,34,40,43,52H,4-15,17-18,20-24,27-29,31-33,35-39,41-42,44-51H2,1-3H3/b19-16+,26-25+,34-30+,43-40+. The van der Waals surface area contributed by atoms with Gasteiger partial charge in [-0.2, -0.15) is 0 Å². The Hall–Kier alpha value is -2.63. The van der Waals surface area contributed by atoms with Gasteiger partial charge < -0.3 is 14.2 Å². The molecule has 354 valence electrons. The number of rotatable bonds is 47. The molecule has 0 bridgehead atoms. The Bertz CT molecular complexity index is 1070. The van der Waals surface area contributed by atoms with Crippen LogP contribution in [-0.4, -0.2) is 37.2 Å². The molecule has 0 aliphatic heterocycles. The molecule has 0 aromatic rings. The Labute approximate surface area is 378 Å². The van der Waals surface area contributed by atoms with Crippen LogP contribution < -0.4 is 0 Å². The van der Waals surface area contributed by atoms with Crippen LogP contribution in [0.4, 0.5) is 0 Å². The van der Waals surface area contributed by atoms with Crippen molar-refractivity contribution in [1.82, 2.24) is 0 Å². The molecule has 0 aliphatic carbocycles. The molecule has 0 heterocycles. The second-order valence-electron chi connectivity index (χ2n) is 17.4. The predicted molar refractivity (Wildman–Crippen MR) is 261 cm³/mol. The zero-order valence-electron chi connectivity index (χ0n) is 40.4. The summed E-state index contributed by atoms with van der Waals surface area (Å²) in [6.07, 6.45) is 59.6. The lowest BCUT2D eigenvalue weighted by molar-refractivity contribution is -0.166. The normalized spacial score (nSPS) is 12.4. The monoisotopic (exact) mass is 855 g/mol. The average molecular weight is 855 g/mol. The van der Waals surface area contributed by atoms with Gasteiger partial charge in [0.2, 0.25) is 0 Å². The van der Waals surface area contributed by atoms with Crippen molar-refractivity contribution in [1.29, 1.82) is 0 Å². The van der Waals surface area contributed by atoms with Crippen molar-refractivity contribution < 1.29 is 28.6 Å². The molecule has 0 amide bonds. The van der Waals surface area contributed by atoms with Gasteiger partial charge in [0.25, 0.3) is 0 Å². The Morgan fingerprint density at radius 1 is 0.328 bits per heavy atom. The van der Waals surface area contributed by atoms with Crippen molar-refractivity contribution in [2.75, 3.05) is 13.2 Å². The van der Waals surface area contributed by atoms with E-state index in [0.717, 1.165) is 64.2 Å². The quantitative estimate of drug-likeness (QED) is 0.0263. The zero-order valence-corrected chi connectivity index (χ0v) is 40.4. The summed E-state index contributed by atoms with van der Waals surface area (Å²) in [6.45, 7) is 6.56. The van der Waals surface area contributed by atoms with E-state index in [9.17, 15) is 14.4 Å². The third-order valence-electron chi connectivity index (χ3n) is 11.3. The van der Waals surface area contributed by atoms with Crippen molar-refractivity contribution in [3.63, 3.8) is 0 Å². The maximum Gasteiger partial charge on any atom is 0.306 e. The van der Waals surface area contributed by atoms with Gasteiger partial charge in [-0.15, -0.1) is 0 Å². The average Bonchev–Trinajstić information content (AvgIpc) is 3.26. The van der Waals surface area contributed by atoms with Crippen LogP contribution >= 0.6 is 0 Å². The Balaban J connectivity index is 4.41. The molecule has 6 heteroatoms. The first-order valence-electron chi connectivity index (χ1n) is 26.1. The van der Waals surface area contributed by atoms with E-state index in [4.69, 9.17) is 14.2 Å². The molecule has 0 rings (SSSR count). The molecule has 0 aliphatic rings. The smallest absolute Gasteiger partial charge is 0.306 e. The van der Waals surface area contributed by atoms with Crippen LogP contribution in [0.2, 0.25) is 0 Å². The van der Waals surface area contributed by atoms with Crippen LogP contribution in [0.15, 0.2) is 48.6 Å². The van der Waals surface area contributed by atoms with Crippen LogP contribution in [0.3, 0.4) is 0 Å². The van der Waals surface area contributed by atoms with Gasteiger partial charge in [-0.3, -0.25) is 14.4 Å². The lowest BCUT2D eigenvalue weighted by Crippen LogP contribution is -2.30. The lowest BCUT2D eigenvalue weighted by Gasteiger charge is -2.18. The SMILES string of the molecule is CCCCC/C=C/C/C=C/CCCCCCCCCC(=O)OCC(COC(=O)CCCCCCCCCCCCCCC)OC(=O)CC/C=C/C/C=C/CCCCCCCC. The number of carbonyl (C=O) groups excluding carboxylic acids is 3. The van der Waals surface area contributed by atoms with Crippen LogP contribution in [0.5, 0.6) is 0 Å². The first kappa shape index (κ1) is 58.4. The number of hydrogen-bond donors (Lipinski definition) is 0. The largest absolute Gasteiger partial charge is 0.462 e. The Kier molecular flexibility index (Phi) is 47.9. The minimum Gasteiger partial charge on any atom is -0.462 e. The minimum atomic E-state index is -0.803. The molecule has 1 atom stereocenters. The molecule has 6 nitrogen and oxygen atoms in total. The highest BCUT2D eigenvalue weighted by molar-refractivity contribution is 5.71. The van der Waals surface area contributed by atoms with Gasteiger partial charge >= 0.3 is 17.9 Å². The van der Waals surface area contributed by atoms with E-state index >= 15 is 0 Å². The Morgan fingerprint density at radius 3 is 1.00 bits per heavy atom. The van der Waals surface area contributed by atoms with Gasteiger partial charge in [0, 0.05) is 19.3 Å². The molecule has 0 aromatic carbocycles. The van der Waals surface area contributed by atoms with E-state index in [2.05, 4.69) is 63.3 Å². The van der Waals surface area contributed by atoms with Gasteiger partial charge in [-0.25, -0.2) is 0 Å². The van der Waals surface area contributed by atoms with Crippen molar-refractivity contribution in [3.8, 4) is 0 Å². The summed E-state index contributed by atoms with van der Waals surface area (Å²) in [5, 5.41) is 0. The fourth-order valence-corrected chi connectivity index (χ4v) is 7.35. The van der Waals surface area contributed by atoms with Crippen LogP contribution in [0.25, 0.3) is 0 Å². The van der Waals surface area contributed by atoms with Gasteiger partial charge in [0.1, 0.15) is 13.2 Å². The van der Waals surface area contributed by atoms with Gasteiger partial charge in [-0.1, -0.05) is 223 Å². The van der Waals surface area contributed by atoms with E-state index in [0.29, 0.717) is 19.3 Å². The molecule has 0 radical (unpaired) electrons. The fraction of sp³-hybridized carbons (Fsp3) is 0.800. The summed E-state index contributed by atoms with van der Waals surface area (Å²) in [5.74, 6) is -0.965. The molecule has 1 unspecified atom stereocenters. The maximum atomic E-state index is 12.7. The third kappa shape index (κ3) is 48.3. The number of allylic oxidation sites excluding steroid dienone is 8. The van der Waals surface area contributed by atoms with Crippen LogP contribution in [0, 0.1) is 0 Å². The fourth-order valence-electron chi connectivity index (χ4n) is 7.35. The first-order valence-corrected chi connectivity index (χ1v) is 26.1. The highest BCUT2D eigenvalue weighted by atomic mass is 16.6. The second-order valence-corrected chi connectivity index (χ2v) is 17.4. The minimum absolute atomic E-state index is 0.0957. The van der Waals surface area contributed by atoms with E-state index in [1.807, 2.05) is 6.08 Å². The van der Waals surface area contributed by atoms with Crippen LogP contribution in [-0.2, 0) is 28.6 Å².